The lowest BCUT2D eigenvalue weighted by Crippen LogP contribution is -2.39. The number of piperidine rings is 1. The van der Waals surface area contributed by atoms with Crippen LogP contribution in [0.15, 0.2) is 65.1 Å². The van der Waals surface area contributed by atoms with Crippen LogP contribution in [0.4, 0.5) is 29.5 Å². The summed E-state index contributed by atoms with van der Waals surface area (Å²) < 4.78 is 46.7. The van der Waals surface area contributed by atoms with Gasteiger partial charge in [0, 0.05) is 30.3 Å². The molecule has 2 aromatic heterocycles. The largest absolute Gasteiger partial charge is 0.456 e. The van der Waals surface area contributed by atoms with Crippen LogP contribution in [-0.2, 0) is 18.0 Å². The molecule has 0 unspecified atom stereocenters. The molecular formula is C34H38F3N5O3. The van der Waals surface area contributed by atoms with Crippen LogP contribution in [0.3, 0.4) is 0 Å². The zero-order chi connectivity index (χ0) is 32.5. The van der Waals surface area contributed by atoms with Crippen molar-refractivity contribution in [3.8, 4) is 5.69 Å². The highest BCUT2D eigenvalue weighted by Gasteiger charge is 2.41. The first-order valence-corrected chi connectivity index (χ1v) is 15.0. The number of carbonyl (C=O) groups is 2. The molecule has 11 heteroatoms. The number of hydrogen-bond donors (Lipinski definition) is 2. The molecule has 0 radical (unpaired) electrons. The lowest BCUT2D eigenvalue weighted by atomic mass is 9.89. The highest BCUT2D eigenvalue weighted by Crippen LogP contribution is 2.35. The van der Waals surface area contributed by atoms with Gasteiger partial charge in [-0.2, -0.15) is 18.3 Å². The van der Waals surface area contributed by atoms with Crippen LogP contribution in [0.2, 0.25) is 0 Å². The van der Waals surface area contributed by atoms with Crippen molar-refractivity contribution >= 4 is 23.4 Å². The minimum atomic E-state index is -4.74. The van der Waals surface area contributed by atoms with Crippen LogP contribution in [0.5, 0.6) is 0 Å². The minimum absolute atomic E-state index is 0.0444. The standard InChI is InChI=1S/C34H38F3N5O3/c1-21-10-12-25(13-11-21)42-29(20-28(40-42)33(3,4)5)39-32(44)38-27-9-7-6-8-24(27)19-23-14-16-41(17-15-23)31(43)26-18-22(2)45-30(26)34(35,36)37/h6-13,18,20,23H,14-17,19H2,1-5H3,(H2,38,39,44). The molecule has 1 saturated heterocycles. The van der Waals surface area contributed by atoms with Crippen LogP contribution in [-0.4, -0.2) is 39.7 Å². The van der Waals surface area contributed by atoms with Crippen LogP contribution < -0.4 is 10.6 Å². The van der Waals surface area contributed by atoms with Gasteiger partial charge >= 0.3 is 12.2 Å². The molecular weight excluding hydrogens is 583 g/mol. The van der Waals surface area contributed by atoms with Gasteiger partial charge in [0.1, 0.15) is 11.6 Å². The molecule has 0 atom stereocenters. The summed E-state index contributed by atoms with van der Waals surface area (Å²) in [6.07, 6.45) is -2.85. The van der Waals surface area contributed by atoms with E-state index in [1.165, 1.54) is 11.8 Å². The number of urea groups is 1. The lowest BCUT2D eigenvalue weighted by molar-refractivity contribution is -0.153. The van der Waals surface area contributed by atoms with Crippen molar-refractivity contribution < 1.29 is 27.2 Å². The summed E-state index contributed by atoms with van der Waals surface area (Å²) in [5.41, 5.74) is 3.70. The van der Waals surface area contributed by atoms with E-state index in [1.807, 2.05) is 61.5 Å². The van der Waals surface area contributed by atoms with Crippen molar-refractivity contribution in [2.75, 3.05) is 23.7 Å². The van der Waals surface area contributed by atoms with Crippen molar-refractivity contribution in [2.45, 2.75) is 65.5 Å². The number of aromatic nitrogens is 2. The van der Waals surface area contributed by atoms with Crippen molar-refractivity contribution in [3.05, 3.63) is 94.6 Å². The van der Waals surface area contributed by atoms with Crippen LogP contribution in [0, 0.1) is 19.8 Å². The van der Waals surface area contributed by atoms with Crippen molar-refractivity contribution in [1.82, 2.24) is 14.7 Å². The first kappa shape index (κ1) is 31.9. The average molecular weight is 622 g/mol. The Hall–Kier alpha value is -4.54. The summed E-state index contributed by atoms with van der Waals surface area (Å²) in [4.78, 5) is 27.7. The predicted octanol–water partition coefficient (Wildman–Crippen LogP) is 8.14. The van der Waals surface area contributed by atoms with E-state index in [-0.39, 0.29) is 17.1 Å². The first-order chi connectivity index (χ1) is 21.2. The molecule has 0 spiro atoms. The van der Waals surface area contributed by atoms with Crippen molar-refractivity contribution in [1.29, 1.82) is 0 Å². The van der Waals surface area contributed by atoms with Gasteiger partial charge in [-0.25, -0.2) is 9.48 Å². The van der Waals surface area contributed by atoms with Crippen LogP contribution >= 0.6 is 0 Å². The zero-order valence-corrected chi connectivity index (χ0v) is 26.1. The van der Waals surface area contributed by atoms with E-state index in [4.69, 9.17) is 9.52 Å². The van der Waals surface area contributed by atoms with Crippen LogP contribution in [0.25, 0.3) is 5.69 Å². The molecule has 3 heterocycles. The zero-order valence-electron chi connectivity index (χ0n) is 26.1. The van der Waals surface area contributed by atoms with Gasteiger partial charge in [0.25, 0.3) is 5.91 Å². The maximum Gasteiger partial charge on any atom is 0.450 e. The summed E-state index contributed by atoms with van der Waals surface area (Å²) in [7, 11) is 0. The molecule has 2 N–H and O–H groups in total. The van der Waals surface area contributed by atoms with Gasteiger partial charge in [0.05, 0.1) is 16.9 Å². The van der Waals surface area contributed by atoms with E-state index >= 15 is 0 Å². The number of amides is 3. The van der Waals surface area contributed by atoms with E-state index in [1.54, 1.807) is 4.68 Å². The summed E-state index contributed by atoms with van der Waals surface area (Å²) in [6, 6.07) is 18.1. The molecule has 2 aromatic carbocycles. The Morgan fingerprint density at radius 2 is 1.62 bits per heavy atom. The number of carbonyl (C=O) groups excluding carboxylic acids is 2. The number of para-hydroxylation sites is 1. The normalized spacial score (nSPS) is 14.4. The minimum Gasteiger partial charge on any atom is -0.456 e. The monoisotopic (exact) mass is 621 g/mol. The molecule has 1 aliphatic rings. The van der Waals surface area contributed by atoms with E-state index < -0.39 is 29.4 Å². The number of alkyl halides is 3. The van der Waals surface area contributed by atoms with Gasteiger partial charge in [-0.15, -0.1) is 0 Å². The quantitative estimate of drug-likeness (QED) is 0.227. The fourth-order valence-corrected chi connectivity index (χ4v) is 5.51. The maximum absolute atomic E-state index is 13.4. The summed E-state index contributed by atoms with van der Waals surface area (Å²) in [6.45, 7) is 10.3. The number of halogens is 3. The molecule has 4 aromatic rings. The molecule has 1 fully saturated rings. The number of rotatable bonds is 6. The van der Waals surface area contributed by atoms with E-state index in [0.29, 0.717) is 43.9 Å². The Bertz CT molecular complexity index is 1670. The number of nitrogens with one attached hydrogen (secondary N) is 2. The maximum atomic E-state index is 13.4. The van der Waals surface area contributed by atoms with Gasteiger partial charge < -0.3 is 14.6 Å². The SMILES string of the molecule is Cc1ccc(-n2nc(C(C)(C)C)cc2NC(=O)Nc2ccccc2CC2CCN(C(=O)c3cc(C)oc3C(F)(F)F)CC2)cc1. The molecule has 8 nitrogen and oxygen atoms in total. The molecule has 0 saturated carbocycles. The van der Waals surface area contributed by atoms with Gasteiger partial charge in [0.2, 0.25) is 5.76 Å². The highest BCUT2D eigenvalue weighted by molar-refractivity contribution is 6.00. The number of aryl methyl sites for hydroxylation is 2. The van der Waals surface area contributed by atoms with Crippen molar-refractivity contribution in [2.24, 2.45) is 5.92 Å². The number of hydrogen-bond acceptors (Lipinski definition) is 4. The summed E-state index contributed by atoms with van der Waals surface area (Å²) in [5.74, 6) is -1.15. The fraction of sp³-hybridized carbons (Fsp3) is 0.382. The van der Waals surface area contributed by atoms with Gasteiger partial charge in [-0.05, 0) is 68.9 Å². The second kappa shape index (κ2) is 12.5. The third kappa shape index (κ3) is 7.41. The second-order valence-electron chi connectivity index (χ2n) is 12.7. The second-order valence-corrected chi connectivity index (χ2v) is 12.7. The molecule has 3 amide bonds. The molecule has 0 bridgehead atoms. The summed E-state index contributed by atoms with van der Waals surface area (Å²) in [5, 5.41) is 10.7. The van der Waals surface area contributed by atoms with Gasteiger partial charge in [-0.1, -0.05) is 56.7 Å². The Labute approximate surface area is 260 Å². The molecule has 238 valence electrons. The third-order valence-corrected chi connectivity index (χ3v) is 8.02. The van der Waals surface area contributed by atoms with Gasteiger partial charge in [0.15, 0.2) is 0 Å². The lowest BCUT2D eigenvalue weighted by Gasteiger charge is -2.32. The molecule has 0 aliphatic carbocycles. The Morgan fingerprint density at radius 3 is 2.27 bits per heavy atom. The van der Waals surface area contributed by atoms with Crippen molar-refractivity contribution in [3.63, 3.8) is 0 Å². The topological polar surface area (TPSA) is 92.4 Å². The Morgan fingerprint density at radius 1 is 0.956 bits per heavy atom. The van der Waals surface area contributed by atoms with E-state index in [9.17, 15) is 22.8 Å². The number of nitrogens with zero attached hydrogens (tertiary/aromatic N) is 3. The number of anilines is 2. The van der Waals surface area contributed by atoms with Crippen LogP contribution in [0.1, 0.15) is 72.3 Å². The number of benzene rings is 2. The first-order valence-electron chi connectivity index (χ1n) is 15.0. The van der Waals surface area contributed by atoms with E-state index in [0.717, 1.165) is 28.6 Å². The summed E-state index contributed by atoms with van der Waals surface area (Å²) >= 11 is 0. The fourth-order valence-electron chi connectivity index (χ4n) is 5.51. The predicted molar refractivity (Wildman–Crippen MR) is 167 cm³/mol. The Balaban J connectivity index is 1.24. The number of likely N-dealkylation sites (tertiary alicyclic amines) is 1. The Kier molecular flexibility index (Phi) is 8.82. The molecule has 1 aliphatic heterocycles. The smallest absolute Gasteiger partial charge is 0.450 e. The molecule has 5 rings (SSSR count). The highest BCUT2D eigenvalue weighted by atomic mass is 19.4. The molecule has 45 heavy (non-hydrogen) atoms. The number of furan rings is 1. The van der Waals surface area contributed by atoms with E-state index in [2.05, 4.69) is 31.4 Å². The van der Waals surface area contributed by atoms with Gasteiger partial charge in [-0.3, -0.25) is 10.1 Å². The average Bonchev–Trinajstić information content (AvgIpc) is 3.58. The third-order valence-electron chi connectivity index (χ3n) is 8.02.